The SMILES string of the molecule is CCCCC(CCCCCCCCCCCCC(=O)OC)O[Si](C)(C)C(C)(C)C. The van der Waals surface area contributed by atoms with Gasteiger partial charge in [0.05, 0.1) is 7.11 Å². The molecule has 0 aromatic carbocycles. The molecule has 0 aliphatic rings. The summed E-state index contributed by atoms with van der Waals surface area (Å²) in [6, 6.07) is 0. The van der Waals surface area contributed by atoms with Gasteiger partial charge in [-0.05, 0) is 37.4 Å². The molecule has 174 valence electrons. The molecule has 1 atom stereocenters. The molecule has 0 rings (SSSR count). The number of ether oxygens (including phenoxy) is 1. The van der Waals surface area contributed by atoms with E-state index in [4.69, 9.17) is 4.43 Å². The van der Waals surface area contributed by atoms with E-state index >= 15 is 0 Å². The number of carbonyl (C=O) groups excluding carboxylic acids is 1. The monoisotopic (exact) mass is 428 g/mol. The second-order valence-electron chi connectivity index (χ2n) is 10.3. The zero-order valence-electron chi connectivity index (χ0n) is 20.9. The first-order valence-electron chi connectivity index (χ1n) is 12.4. The highest BCUT2D eigenvalue weighted by molar-refractivity contribution is 6.74. The van der Waals surface area contributed by atoms with Crippen LogP contribution in [0.3, 0.4) is 0 Å². The molecule has 0 saturated heterocycles. The predicted octanol–water partition coefficient (Wildman–Crippen LogP) is 8.42. The number of hydrogen-bond acceptors (Lipinski definition) is 3. The summed E-state index contributed by atoms with van der Waals surface area (Å²) < 4.78 is 11.4. The minimum Gasteiger partial charge on any atom is -0.469 e. The molecule has 1 unspecified atom stereocenters. The number of methoxy groups -OCH3 is 1. The zero-order valence-corrected chi connectivity index (χ0v) is 21.9. The van der Waals surface area contributed by atoms with E-state index in [9.17, 15) is 4.79 Å². The lowest BCUT2D eigenvalue weighted by molar-refractivity contribution is -0.140. The highest BCUT2D eigenvalue weighted by Crippen LogP contribution is 2.38. The number of rotatable bonds is 18. The molecule has 0 N–H and O–H groups in total. The molecule has 0 saturated carbocycles. The number of hydrogen-bond donors (Lipinski definition) is 0. The summed E-state index contributed by atoms with van der Waals surface area (Å²) >= 11 is 0. The van der Waals surface area contributed by atoms with Gasteiger partial charge in [-0.2, -0.15) is 0 Å². The molecule has 0 fully saturated rings. The molecule has 0 bridgehead atoms. The fourth-order valence-electron chi connectivity index (χ4n) is 3.45. The summed E-state index contributed by atoms with van der Waals surface area (Å²) in [5, 5.41) is 0.302. The first-order chi connectivity index (χ1) is 13.6. The Kier molecular flexibility index (Phi) is 16.2. The summed E-state index contributed by atoms with van der Waals surface area (Å²) in [6.45, 7) is 14.1. The molecular weight excluding hydrogens is 376 g/mol. The summed E-state index contributed by atoms with van der Waals surface area (Å²) in [5.41, 5.74) is 0. The summed E-state index contributed by atoms with van der Waals surface area (Å²) in [4.78, 5) is 11.0. The Morgan fingerprint density at radius 3 is 1.69 bits per heavy atom. The Morgan fingerprint density at radius 2 is 1.24 bits per heavy atom. The fourth-order valence-corrected chi connectivity index (χ4v) is 4.87. The molecule has 0 aromatic heterocycles. The maximum absolute atomic E-state index is 11.0. The number of unbranched alkanes of at least 4 members (excludes halogenated alkanes) is 10. The van der Waals surface area contributed by atoms with Crippen molar-refractivity contribution in [2.24, 2.45) is 0 Å². The van der Waals surface area contributed by atoms with E-state index in [2.05, 4.69) is 45.5 Å². The van der Waals surface area contributed by atoms with Crippen molar-refractivity contribution in [3.05, 3.63) is 0 Å². The van der Waals surface area contributed by atoms with Gasteiger partial charge < -0.3 is 9.16 Å². The smallest absolute Gasteiger partial charge is 0.305 e. The fraction of sp³-hybridized carbons (Fsp3) is 0.960. The van der Waals surface area contributed by atoms with Gasteiger partial charge in [-0.25, -0.2) is 0 Å². The van der Waals surface area contributed by atoms with Gasteiger partial charge in [0.25, 0.3) is 0 Å². The third kappa shape index (κ3) is 15.1. The van der Waals surface area contributed by atoms with Gasteiger partial charge in [0, 0.05) is 12.5 Å². The maximum atomic E-state index is 11.0. The molecule has 0 heterocycles. The van der Waals surface area contributed by atoms with Crippen LogP contribution in [-0.2, 0) is 14.0 Å². The maximum Gasteiger partial charge on any atom is 0.305 e. The minimum atomic E-state index is -1.65. The van der Waals surface area contributed by atoms with Crippen molar-refractivity contribution in [1.29, 1.82) is 0 Å². The molecular formula is C25H52O3Si. The lowest BCUT2D eigenvalue weighted by Crippen LogP contribution is -2.44. The second-order valence-corrected chi connectivity index (χ2v) is 15.0. The third-order valence-electron chi connectivity index (χ3n) is 6.53. The molecule has 29 heavy (non-hydrogen) atoms. The third-order valence-corrected chi connectivity index (χ3v) is 11.1. The van der Waals surface area contributed by atoms with Crippen molar-refractivity contribution in [3.8, 4) is 0 Å². The van der Waals surface area contributed by atoms with E-state index in [0.29, 0.717) is 17.6 Å². The number of carbonyl (C=O) groups is 1. The van der Waals surface area contributed by atoms with Crippen molar-refractivity contribution in [2.45, 2.75) is 148 Å². The van der Waals surface area contributed by atoms with Crippen LogP contribution >= 0.6 is 0 Å². The van der Waals surface area contributed by atoms with Gasteiger partial charge in [-0.3, -0.25) is 4.79 Å². The largest absolute Gasteiger partial charge is 0.469 e. The Hall–Kier alpha value is -0.353. The summed E-state index contributed by atoms with van der Waals surface area (Å²) in [5.74, 6) is -0.0725. The van der Waals surface area contributed by atoms with E-state index in [-0.39, 0.29) is 5.97 Å². The highest BCUT2D eigenvalue weighted by atomic mass is 28.4. The average Bonchev–Trinajstić information content (AvgIpc) is 2.65. The van der Waals surface area contributed by atoms with Crippen LogP contribution in [0.4, 0.5) is 0 Å². The van der Waals surface area contributed by atoms with Crippen LogP contribution in [0.2, 0.25) is 18.1 Å². The van der Waals surface area contributed by atoms with Crippen LogP contribution in [0.1, 0.15) is 124 Å². The normalized spacial score (nSPS) is 13.5. The van der Waals surface area contributed by atoms with Crippen LogP contribution < -0.4 is 0 Å². The molecule has 3 nitrogen and oxygen atoms in total. The Bertz CT molecular complexity index is 401. The first kappa shape index (κ1) is 28.6. The Morgan fingerprint density at radius 1 is 0.793 bits per heavy atom. The Balaban J connectivity index is 3.79. The standard InChI is InChI=1S/C25H52O3Si/c1-8-9-20-23(28-29(6,7)25(2,3)4)21-18-16-14-12-10-11-13-15-17-19-22-24(26)27-5/h23H,8-22H2,1-7H3. The van der Waals surface area contributed by atoms with Gasteiger partial charge >= 0.3 is 5.97 Å². The van der Waals surface area contributed by atoms with Crippen molar-refractivity contribution >= 4 is 14.3 Å². The van der Waals surface area contributed by atoms with Crippen LogP contribution in [-0.4, -0.2) is 27.5 Å². The summed E-state index contributed by atoms with van der Waals surface area (Å²) in [6.07, 6.45) is 18.9. The van der Waals surface area contributed by atoms with Crippen molar-refractivity contribution in [3.63, 3.8) is 0 Å². The second kappa shape index (κ2) is 16.4. The quantitative estimate of drug-likeness (QED) is 0.125. The van der Waals surface area contributed by atoms with Crippen LogP contribution in [0.15, 0.2) is 0 Å². The van der Waals surface area contributed by atoms with Crippen LogP contribution in [0.25, 0.3) is 0 Å². The van der Waals surface area contributed by atoms with Crippen molar-refractivity contribution in [2.75, 3.05) is 7.11 Å². The van der Waals surface area contributed by atoms with Gasteiger partial charge in [-0.15, -0.1) is 0 Å². The van der Waals surface area contributed by atoms with Crippen molar-refractivity contribution in [1.82, 2.24) is 0 Å². The van der Waals surface area contributed by atoms with Crippen molar-refractivity contribution < 1.29 is 14.0 Å². The lowest BCUT2D eigenvalue weighted by Gasteiger charge is -2.39. The topological polar surface area (TPSA) is 35.5 Å². The Labute approximate surface area is 183 Å². The molecule has 0 aliphatic carbocycles. The van der Waals surface area contributed by atoms with E-state index < -0.39 is 8.32 Å². The van der Waals surface area contributed by atoms with Gasteiger partial charge in [-0.1, -0.05) is 98.3 Å². The van der Waals surface area contributed by atoms with E-state index in [1.165, 1.54) is 84.2 Å². The molecule has 0 aromatic rings. The predicted molar refractivity (Wildman–Crippen MR) is 129 cm³/mol. The first-order valence-corrected chi connectivity index (χ1v) is 15.3. The lowest BCUT2D eigenvalue weighted by atomic mass is 10.0. The zero-order chi connectivity index (χ0) is 22.2. The molecule has 0 radical (unpaired) electrons. The number of esters is 1. The highest BCUT2D eigenvalue weighted by Gasteiger charge is 2.38. The van der Waals surface area contributed by atoms with Crippen LogP contribution in [0, 0.1) is 0 Å². The molecule has 0 spiro atoms. The van der Waals surface area contributed by atoms with Gasteiger partial charge in [0.15, 0.2) is 8.32 Å². The van der Waals surface area contributed by atoms with Crippen LogP contribution in [0.5, 0.6) is 0 Å². The molecule has 0 amide bonds. The van der Waals surface area contributed by atoms with E-state index in [1.807, 2.05) is 0 Å². The minimum absolute atomic E-state index is 0.0725. The van der Waals surface area contributed by atoms with Gasteiger partial charge in [0.1, 0.15) is 0 Å². The summed E-state index contributed by atoms with van der Waals surface area (Å²) in [7, 11) is -0.185. The average molecular weight is 429 g/mol. The molecule has 4 heteroatoms. The van der Waals surface area contributed by atoms with Gasteiger partial charge in [0.2, 0.25) is 0 Å². The van der Waals surface area contributed by atoms with E-state index in [1.54, 1.807) is 0 Å². The van der Waals surface area contributed by atoms with E-state index in [0.717, 1.165) is 12.8 Å². The molecule has 0 aliphatic heterocycles.